The lowest BCUT2D eigenvalue weighted by atomic mass is 9.75. The van der Waals surface area contributed by atoms with Crippen LogP contribution in [0.15, 0.2) is 34.9 Å². The molecule has 0 radical (unpaired) electrons. The molecule has 1 amide bonds. The van der Waals surface area contributed by atoms with Crippen molar-refractivity contribution in [2.24, 2.45) is 23.7 Å². The number of piperidine rings is 1. The second-order valence-electron chi connectivity index (χ2n) is 9.01. The second-order valence-corrected chi connectivity index (χ2v) is 9.45. The van der Waals surface area contributed by atoms with Gasteiger partial charge in [-0.05, 0) is 67.7 Å². The van der Waals surface area contributed by atoms with E-state index in [2.05, 4.69) is 24.3 Å². The fourth-order valence-corrected chi connectivity index (χ4v) is 4.61. The van der Waals surface area contributed by atoms with Gasteiger partial charge in [0.15, 0.2) is 5.76 Å². The summed E-state index contributed by atoms with van der Waals surface area (Å²) in [6, 6.07) is 9.91. The molecule has 150 valence electrons. The minimum Gasteiger partial charge on any atom is -0.356 e. The van der Waals surface area contributed by atoms with Crippen LogP contribution < -0.4 is 5.32 Å². The Hall–Kier alpha value is -1.81. The third-order valence-electron chi connectivity index (χ3n) is 6.04. The van der Waals surface area contributed by atoms with E-state index in [-0.39, 0.29) is 11.8 Å². The van der Waals surface area contributed by atoms with Crippen molar-refractivity contribution in [1.82, 2.24) is 10.5 Å². The van der Waals surface area contributed by atoms with E-state index in [4.69, 9.17) is 16.1 Å². The van der Waals surface area contributed by atoms with E-state index in [1.807, 2.05) is 30.3 Å². The molecule has 1 N–H and O–H groups in total. The average Bonchev–Trinajstić information content (AvgIpc) is 3.34. The summed E-state index contributed by atoms with van der Waals surface area (Å²) in [5, 5.41) is 8.31. The summed E-state index contributed by atoms with van der Waals surface area (Å²) in [6.07, 6.45) is 6.53. The topological polar surface area (TPSA) is 55.1 Å². The van der Waals surface area contributed by atoms with Gasteiger partial charge in [0, 0.05) is 28.6 Å². The normalized spacial score (nSPS) is 25.1. The van der Waals surface area contributed by atoms with Gasteiger partial charge in [0.2, 0.25) is 5.91 Å². The monoisotopic (exact) mass is 400 g/mol. The number of aromatic nitrogens is 1. The zero-order chi connectivity index (χ0) is 19.7. The SMILES string of the molecule is CC(C)CC1C(=O)NC(CC2CC2)CC1Cc1cc(-c2ccc(Cl)cc2)on1. The Bertz CT molecular complexity index is 810. The van der Waals surface area contributed by atoms with E-state index in [0.717, 1.165) is 48.6 Å². The first-order chi connectivity index (χ1) is 13.5. The predicted molar refractivity (Wildman–Crippen MR) is 111 cm³/mol. The molecule has 3 atom stereocenters. The Labute approximate surface area is 172 Å². The molecule has 0 bridgehead atoms. The highest BCUT2D eigenvalue weighted by Gasteiger charge is 2.39. The van der Waals surface area contributed by atoms with Crippen LogP contribution in [0, 0.1) is 23.7 Å². The van der Waals surface area contributed by atoms with Gasteiger partial charge in [0.25, 0.3) is 0 Å². The molecule has 3 unspecified atom stereocenters. The van der Waals surface area contributed by atoms with Crippen molar-refractivity contribution in [3.05, 3.63) is 41.0 Å². The molecule has 28 heavy (non-hydrogen) atoms. The summed E-state index contributed by atoms with van der Waals surface area (Å²) in [5.74, 6) is 2.68. The van der Waals surface area contributed by atoms with Gasteiger partial charge in [-0.15, -0.1) is 0 Å². The summed E-state index contributed by atoms with van der Waals surface area (Å²) in [5.41, 5.74) is 1.90. The maximum atomic E-state index is 12.8. The molecule has 1 saturated carbocycles. The van der Waals surface area contributed by atoms with Crippen LogP contribution in [-0.4, -0.2) is 17.1 Å². The van der Waals surface area contributed by atoms with E-state index in [1.54, 1.807) is 0 Å². The summed E-state index contributed by atoms with van der Waals surface area (Å²) >= 11 is 5.97. The van der Waals surface area contributed by atoms with Gasteiger partial charge in [-0.25, -0.2) is 0 Å². The quantitative estimate of drug-likeness (QED) is 0.667. The number of nitrogens with zero attached hydrogens (tertiary/aromatic N) is 1. The molecule has 2 aliphatic rings. The number of benzene rings is 1. The van der Waals surface area contributed by atoms with E-state index < -0.39 is 0 Å². The zero-order valence-corrected chi connectivity index (χ0v) is 17.4. The summed E-state index contributed by atoms with van der Waals surface area (Å²) in [4.78, 5) is 12.8. The molecule has 1 aliphatic heterocycles. The van der Waals surface area contributed by atoms with E-state index in [9.17, 15) is 4.79 Å². The minimum absolute atomic E-state index is 0.0612. The van der Waals surface area contributed by atoms with Crippen LogP contribution in [0.1, 0.15) is 51.6 Å². The Morgan fingerprint density at radius 2 is 2.00 bits per heavy atom. The molecule has 4 nitrogen and oxygen atoms in total. The minimum atomic E-state index is 0.0612. The molecular weight excluding hydrogens is 372 g/mol. The smallest absolute Gasteiger partial charge is 0.223 e. The first-order valence-corrected chi connectivity index (χ1v) is 10.9. The van der Waals surface area contributed by atoms with E-state index in [0.29, 0.717) is 22.9 Å². The fraction of sp³-hybridized carbons (Fsp3) is 0.565. The molecular formula is C23H29ClN2O2. The van der Waals surface area contributed by atoms with Crippen molar-refractivity contribution in [1.29, 1.82) is 0 Å². The third-order valence-corrected chi connectivity index (χ3v) is 6.29. The number of hydrogen-bond acceptors (Lipinski definition) is 3. The molecule has 0 spiro atoms. The van der Waals surface area contributed by atoms with Crippen molar-refractivity contribution in [3.8, 4) is 11.3 Å². The van der Waals surface area contributed by atoms with Gasteiger partial charge >= 0.3 is 0 Å². The van der Waals surface area contributed by atoms with Crippen molar-refractivity contribution in [2.45, 2.75) is 58.4 Å². The Morgan fingerprint density at radius 1 is 1.25 bits per heavy atom. The number of nitrogens with one attached hydrogen (secondary N) is 1. The number of carbonyl (C=O) groups excluding carboxylic acids is 1. The third kappa shape index (κ3) is 4.78. The number of hydrogen-bond donors (Lipinski definition) is 1. The van der Waals surface area contributed by atoms with Crippen LogP contribution in [0.2, 0.25) is 5.02 Å². The van der Waals surface area contributed by atoms with E-state index >= 15 is 0 Å². The van der Waals surface area contributed by atoms with Crippen molar-refractivity contribution >= 4 is 17.5 Å². The van der Waals surface area contributed by atoms with Crippen LogP contribution in [0.4, 0.5) is 0 Å². The standard InChI is InChI=1S/C23H29ClN2O2/c1-14(2)9-21-17(11-19(25-23(21)27)10-15-3-4-15)12-20-13-22(28-26-20)16-5-7-18(24)8-6-16/h5-8,13-15,17,19,21H,3-4,9-12H2,1-2H3,(H,25,27). The molecule has 5 heteroatoms. The number of rotatable bonds is 7. The summed E-state index contributed by atoms with van der Waals surface area (Å²) < 4.78 is 5.58. The molecule has 4 rings (SSSR count). The van der Waals surface area contributed by atoms with Gasteiger partial charge in [-0.2, -0.15) is 0 Å². The molecule has 2 aromatic rings. The van der Waals surface area contributed by atoms with Crippen LogP contribution >= 0.6 is 11.6 Å². The van der Waals surface area contributed by atoms with Crippen molar-refractivity contribution in [3.63, 3.8) is 0 Å². The number of halogens is 1. The molecule has 2 fully saturated rings. The first kappa shape index (κ1) is 19.5. The van der Waals surface area contributed by atoms with Gasteiger partial charge in [-0.1, -0.05) is 43.4 Å². The lowest BCUT2D eigenvalue weighted by Gasteiger charge is -2.37. The lowest BCUT2D eigenvalue weighted by Crippen LogP contribution is -2.49. The first-order valence-electron chi connectivity index (χ1n) is 10.5. The van der Waals surface area contributed by atoms with Crippen molar-refractivity contribution in [2.75, 3.05) is 0 Å². The maximum absolute atomic E-state index is 12.8. The second kappa shape index (κ2) is 8.28. The lowest BCUT2D eigenvalue weighted by molar-refractivity contribution is -0.131. The largest absolute Gasteiger partial charge is 0.356 e. The fourth-order valence-electron chi connectivity index (χ4n) is 4.48. The highest BCUT2D eigenvalue weighted by molar-refractivity contribution is 6.30. The van der Waals surface area contributed by atoms with E-state index in [1.165, 1.54) is 12.8 Å². The molecule has 2 heterocycles. The van der Waals surface area contributed by atoms with Crippen molar-refractivity contribution < 1.29 is 9.32 Å². The summed E-state index contributed by atoms with van der Waals surface area (Å²) in [6.45, 7) is 4.38. The zero-order valence-electron chi connectivity index (χ0n) is 16.7. The Kier molecular flexibility index (Phi) is 5.77. The van der Waals surface area contributed by atoms with Gasteiger partial charge in [0.05, 0.1) is 5.69 Å². The number of carbonyl (C=O) groups is 1. The van der Waals surface area contributed by atoms with Gasteiger partial charge < -0.3 is 9.84 Å². The molecule has 1 saturated heterocycles. The molecule has 1 aromatic carbocycles. The average molecular weight is 401 g/mol. The summed E-state index contributed by atoms with van der Waals surface area (Å²) in [7, 11) is 0. The van der Waals surface area contributed by atoms with Crippen LogP contribution in [0.5, 0.6) is 0 Å². The van der Waals surface area contributed by atoms with Crippen LogP contribution in [0.3, 0.4) is 0 Å². The Morgan fingerprint density at radius 3 is 2.68 bits per heavy atom. The molecule has 1 aromatic heterocycles. The van der Waals surface area contributed by atoms with Gasteiger partial charge in [0.1, 0.15) is 0 Å². The highest BCUT2D eigenvalue weighted by atomic mass is 35.5. The predicted octanol–water partition coefficient (Wildman–Crippen LogP) is 5.50. The maximum Gasteiger partial charge on any atom is 0.223 e. The number of amides is 1. The van der Waals surface area contributed by atoms with Gasteiger partial charge in [-0.3, -0.25) is 4.79 Å². The van der Waals surface area contributed by atoms with Crippen LogP contribution in [0.25, 0.3) is 11.3 Å². The van der Waals surface area contributed by atoms with Crippen LogP contribution in [-0.2, 0) is 11.2 Å². The Balaban J connectivity index is 1.49. The molecule has 1 aliphatic carbocycles. The highest BCUT2D eigenvalue weighted by Crippen LogP contribution is 2.38.